The fourth-order valence-corrected chi connectivity index (χ4v) is 1.30. The first-order valence-electron chi connectivity index (χ1n) is 5.72. The van der Waals surface area contributed by atoms with Crippen molar-refractivity contribution in [3.63, 3.8) is 0 Å². The van der Waals surface area contributed by atoms with Crippen LogP contribution in [0.3, 0.4) is 0 Å². The van der Waals surface area contributed by atoms with E-state index in [1.54, 1.807) is 13.8 Å². The average Bonchev–Trinajstić information content (AvgIpc) is 2.12. The van der Waals surface area contributed by atoms with Gasteiger partial charge in [0, 0.05) is 6.42 Å². The van der Waals surface area contributed by atoms with Crippen LogP contribution in [0.15, 0.2) is 0 Å². The van der Waals surface area contributed by atoms with Gasteiger partial charge in [-0.1, -0.05) is 41.0 Å². The highest BCUT2D eigenvalue weighted by molar-refractivity contribution is 5.84. The van der Waals surface area contributed by atoms with E-state index in [-0.39, 0.29) is 17.2 Å². The van der Waals surface area contributed by atoms with Crippen molar-refractivity contribution in [1.29, 1.82) is 0 Å². The summed E-state index contributed by atoms with van der Waals surface area (Å²) in [5.74, 6) is -1.27. The molecule has 0 heterocycles. The maximum absolute atomic E-state index is 11.7. The molecule has 0 saturated heterocycles. The molecule has 4 nitrogen and oxygen atoms in total. The van der Waals surface area contributed by atoms with Crippen molar-refractivity contribution in [2.75, 3.05) is 0 Å². The second-order valence-corrected chi connectivity index (χ2v) is 5.32. The number of amides is 1. The predicted molar refractivity (Wildman–Crippen MR) is 63.1 cm³/mol. The Hall–Kier alpha value is -1.06. The lowest BCUT2D eigenvalue weighted by atomic mass is 9.86. The lowest BCUT2D eigenvalue weighted by Crippen LogP contribution is -2.45. The van der Waals surface area contributed by atoms with Crippen LogP contribution in [0.4, 0.5) is 0 Å². The molecule has 1 unspecified atom stereocenters. The van der Waals surface area contributed by atoms with Crippen molar-refractivity contribution in [3.05, 3.63) is 0 Å². The summed E-state index contributed by atoms with van der Waals surface area (Å²) in [6, 6.07) is -0.792. The summed E-state index contributed by atoms with van der Waals surface area (Å²) in [6.45, 7) is 9.58. The Balaban J connectivity index is 4.37. The summed E-state index contributed by atoms with van der Waals surface area (Å²) >= 11 is 0. The number of carbonyl (C=O) groups is 2. The van der Waals surface area contributed by atoms with Crippen molar-refractivity contribution in [2.24, 2.45) is 11.3 Å². The van der Waals surface area contributed by atoms with Crippen LogP contribution in [0, 0.1) is 11.3 Å². The van der Waals surface area contributed by atoms with E-state index in [4.69, 9.17) is 5.11 Å². The zero-order valence-electron chi connectivity index (χ0n) is 10.8. The minimum atomic E-state index is -0.974. The lowest BCUT2D eigenvalue weighted by molar-refractivity contribution is -0.143. The van der Waals surface area contributed by atoms with Crippen molar-refractivity contribution in [3.8, 4) is 0 Å². The fraction of sp³-hybridized carbons (Fsp3) is 0.833. The third-order valence-corrected chi connectivity index (χ3v) is 2.85. The molecular formula is C12H23NO3. The number of aliphatic carboxylic acids is 1. The van der Waals surface area contributed by atoms with Gasteiger partial charge in [-0.25, -0.2) is 4.79 Å². The molecule has 4 heteroatoms. The highest BCUT2D eigenvalue weighted by atomic mass is 16.4. The molecule has 16 heavy (non-hydrogen) atoms. The minimum absolute atomic E-state index is 0.0792. The Morgan fingerprint density at radius 1 is 1.31 bits per heavy atom. The summed E-state index contributed by atoms with van der Waals surface area (Å²) in [5, 5.41) is 11.5. The lowest BCUT2D eigenvalue weighted by Gasteiger charge is -2.24. The molecule has 94 valence electrons. The zero-order valence-corrected chi connectivity index (χ0v) is 10.8. The zero-order chi connectivity index (χ0) is 12.9. The molecule has 0 saturated carbocycles. The summed E-state index contributed by atoms with van der Waals surface area (Å²) in [5.41, 5.74) is -0.0792. The van der Waals surface area contributed by atoms with E-state index in [1.807, 2.05) is 20.8 Å². The van der Waals surface area contributed by atoms with Crippen LogP contribution in [-0.4, -0.2) is 23.0 Å². The highest BCUT2D eigenvalue weighted by Gasteiger charge is 2.26. The molecule has 0 aliphatic heterocycles. The smallest absolute Gasteiger partial charge is 0.326 e. The Morgan fingerprint density at radius 2 is 1.81 bits per heavy atom. The summed E-state index contributed by atoms with van der Waals surface area (Å²) < 4.78 is 0. The molecule has 0 aromatic heterocycles. The first-order valence-corrected chi connectivity index (χ1v) is 5.72. The molecule has 0 aromatic rings. The molecule has 0 rings (SSSR count). The van der Waals surface area contributed by atoms with Gasteiger partial charge in [-0.3, -0.25) is 4.79 Å². The van der Waals surface area contributed by atoms with Gasteiger partial charge in [0.15, 0.2) is 0 Å². The van der Waals surface area contributed by atoms with Crippen molar-refractivity contribution >= 4 is 11.9 Å². The first kappa shape index (κ1) is 14.9. The largest absolute Gasteiger partial charge is 0.480 e. The number of hydrogen-bond donors (Lipinski definition) is 2. The molecule has 0 bridgehead atoms. The topological polar surface area (TPSA) is 66.4 Å². The van der Waals surface area contributed by atoms with E-state index < -0.39 is 12.0 Å². The average molecular weight is 229 g/mol. The van der Waals surface area contributed by atoms with Crippen LogP contribution in [0.2, 0.25) is 0 Å². The van der Waals surface area contributed by atoms with Gasteiger partial charge >= 0.3 is 5.97 Å². The molecule has 1 atom stereocenters. The standard InChI is InChI=1S/C12H23NO3/c1-6-12(4,5)7-9(14)13-10(8(2)3)11(15)16/h8,10H,6-7H2,1-5H3,(H,13,14)(H,15,16). The Labute approximate surface area is 97.4 Å². The number of carbonyl (C=O) groups excluding carboxylic acids is 1. The van der Waals surface area contributed by atoms with E-state index in [0.717, 1.165) is 6.42 Å². The Morgan fingerprint density at radius 3 is 2.12 bits per heavy atom. The molecule has 0 spiro atoms. The van der Waals surface area contributed by atoms with Gasteiger partial charge in [0.05, 0.1) is 0 Å². The van der Waals surface area contributed by atoms with Crippen molar-refractivity contribution < 1.29 is 14.7 Å². The first-order chi connectivity index (χ1) is 7.19. The van der Waals surface area contributed by atoms with E-state index in [1.165, 1.54) is 0 Å². The van der Waals surface area contributed by atoms with E-state index >= 15 is 0 Å². The molecule has 1 amide bonds. The molecule has 0 fully saturated rings. The van der Waals surface area contributed by atoms with Crippen LogP contribution in [0.1, 0.15) is 47.5 Å². The number of nitrogens with one attached hydrogen (secondary N) is 1. The SMILES string of the molecule is CCC(C)(C)CC(=O)NC(C(=O)O)C(C)C. The van der Waals surface area contributed by atoms with Gasteiger partial charge in [0.25, 0.3) is 0 Å². The van der Waals surface area contributed by atoms with Crippen LogP contribution in [0.5, 0.6) is 0 Å². The molecule has 0 aliphatic rings. The summed E-state index contributed by atoms with van der Waals surface area (Å²) in [4.78, 5) is 22.6. The van der Waals surface area contributed by atoms with E-state index in [2.05, 4.69) is 5.32 Å². The maximum Gasteiger partial charge on any atom is 0.326 e. The number of rotatable bonds is 6. The quantitative estimate of drug-likeness (QED) is 0.732. The second kappa shape index (κ2) is 5.87. The normalized spacial score (nSPS) is 13.6. The second-order valence-electron chi connectivity index (χ2n) is 5.32. The Bertz CT molecular complexity index is 259. The number of carboxylic acids is 1. The van der Waals surface area contributed by atoms with Gasteiger partial charge in [0.1, 0.15) is 6.04 Å². The fourth-order valence-electron chi connectivity index (χ4n) is 1.30. The van der Waals surface area contributed by atoms with Crippen LogP contribution in [0.25, 0.3) is 0 Å². The molecule has 0 radical (unpaired) electrons. The minimum Gasteiger partial charge on any atom is -0.480 e. The van der Waals surface area contributed by atoms with Gasteiger partial charge < -0.3 is 10.4 Å². The van der Waals surface area contributed by atoms with Crippen molar-refractivity contribution in [2.45, 2.75) is 53.5 Å². The van der Waals surface area contributed by atoms with Gasteiger partial charge in [0.2, 0.25) is 5.91 Å². The third kappa shape index (κ3) is 5.14. The summed E-state index contributed by atoms with van der Waals surface area (Å²) in [7, 11) is 0. The van der Waals surface area contributed by atoms with E-state index in [9.17, 15) is 9.59 Å². The van der Waals surface area contributed by atoms with E-state index in [0.29, 0.717) is 6.42 Å². The summed E-state index contributed by atoms with van der Waals surface area (Å²) in [6.07, 6.45) is 1.25. The Kier molecular flexibility index (Phi) is 5.48. The van der Waals surface area contributed by atoms with Gasteiger partial charge in [-0.15, -0.1) is 0 Å². The van der Waals surface area contributed by atoms with Gasteiger partial charge in [-0.05, 0) is 11.3 Å². The monoisotopic (exact) mass is 229 g/mol. The predicted octanol–water partition coefficient (Wildman–Crippen LogP) is 2.04. The molecule has 2 N–H and O–H groups in total. The third-order valence-electron chi connectivity index (χ3n) is 2.85. The van der Waals surface area contributed by atoms with Crippen molar-refractivity contribution in [1.82, 2.24) is 5.32 Å². The van der Waals surface area contributed by atoms with Crippen LogP contribution < -0.4 is 5.32 Å². The molecule has 0 aromatic carbocycles. The van der Waals surface area contributed by atoms with Crippen LogP contribution in [-0.2, 0) is 9.59 Å². The molecular weight excluding hydrogens is 206 g/mol. The molecule has 0 aliphatic carbocycles. The maximum atomic E-state index is 11.7. The number of carboxylic acid groups (broad SMARTS) is 1. The number of hydrogen-bond acceptors (Lipinski definition) is 2. The van der Waals surface area contributed by atoms with Crippen LogP contribution >= 0.6 is 0 Å². The van der Waals surface area contributed by atoms with Gasteiger partial charge in [-0.2, -0.15) is 0 Å². The highest BCUT2D eigenvalue weighted by Crippen LogP contribution is 2.24.